The highest BCUT2D eigenvalue weighted by atomic mass is 16.5. The summed E-state index contributed by atoms with van der Waals surface area (Å²) < 4.78 is 11.2. The molecule has 1 aliphatic rings. The number of nitrogens with zero attached hydrogens (tertiary/aromatic N) is 1. The quantitative estimate of drug-likeness (QED) is 0.304. The molecule has 174 valence electrons. The largest absolute Gasteiger partial charge is 0.507 e. The maximum Gasteiger partial charge on any atom is 0.300 e. The van der Waals surface area contributed by atoms with Crippen molar-refractivity contribution >= 4 is 23.1 Å². The van der Waals surface area contributed by atoms with Gasteiger partial charge in [0, 0.05) is 16.8 Å². The van der Waals surface area contributed by atoms with Crippen LogP contribution in [0.4, 0.5) is 5.69 Å². The van der Waals surface area contributed by atoms with E-state index in [0.717, 1.165) is 5.56 Å². The third-order valence-corrected chi connectivity index (χ3v) is 5.69. The van der Waals surface area contributed by atoms with Crippen molar-refractivity contribution in [3.8, 4) is 11.5 Å². The molecule has 1 unspecified atom stereocenters. The van der Waals surface area contributed by atoms with Gasteiger partial charge in [-0.3, -0.25) is 14.5 Å². The van der Waals surface area contributed by atoms with E-state index in [1.807, 2.05) is 45.0 Å². The highest BCUT2D eigenvalue weighted by Crippen LogP contribution is 2.44. The lowest BCUT2D eigenvalue weighted by Crippen LogP contribution is -2.29. The maximum atomic E-state index is 13.3. The van der Waals surface area contributed by atoms with Crippen LogP contribution in [0.15, 0.2) is 78.4 Å². The molecule has 3 aromatic rings. The molecule has 4 rings (SSSR count). The molecule has 1 heterocycles. The fraction of sp³-hybridized carbons (Fsp3) is 0.214. The first-order chi connectivity index (χ1) is 16.3. The number of carbonyl (C=O) groups is 2. The molecular formula is C28H27NO5. The molecule has 1 fully saturated rings. The monoisotopic (exact) mass is 457 g/mol. The predicted octanol–water partition coefficient (Wildman–Crippen LogP) is 5.42. The number of amides is 1. The van der Waals surface area contributed by atoms with Gasteiger partial charge in [-0.2, -0.15) is 0 Å². The zero-order chi connectivity index (χ0) is 24.4. The van der Waals surface area contributed by atoms with Crippen LogP contribution in [-0.2, 0) is 9.59 Å². The topological polar surface area (TPSA) is 76.1 Å². The minimum Gasteiger partial charge on any atom is -0.507 e. The Morgan fingerprint density at radius 3 is 2.21 bits per heavy atom. The molecule has 0 radical (unpaired) electrons. The summed E-state index contributed by atoms with van der Waals surface area (Å²) in [5.41, 5.74) is 2.61. The van der Waals surface area contributed by atoms with Crippen LogP contribution in [-0.4, -0.2) is 30.0 Å². The second-order valence-corrected chi connectivity index (χ2v) is 8.44. The molecule has 0 spiro atoms. The van der Waals surface area contributed by atoms with Gasteiger partial charge in [0.2, 0.25) is 0 Å². The van der Waals surface area contributed by atoms with Gasteiger partial charge in [0.15, 0.2) is 0 Å². The van der Waals surface area contributed by atoms with Gasteiger partial charge < -0.3 is 14.6 Å². The number of anilines is 1. The van der Waals surface area contributed by atoms with Crippen molar-refractivity contribution in [1.82, 2.24) is 0 Å². The Kier molecular flexibility index (Phi) is 6.41. The van der Waals surface area contributed by atoms with Crippen LogP contribution in [0.2, 0.25) is 0 Å². The van der Waals surface area contributed by atoms with Crippen molar-refractivity contribution < 1.29 is 24.2 Å². The summed E-state index contributed by atoms with van der Waals surface area (Å²) in [5.74, 6) is -0.552. The van der Waals surface area contributed by atoms with Crippen molar-refractivity contribution in [1.29, 1.82) is 0 Å². The normalized spacial score (nSPS) is 17.3. The number of hydrogen-bond acceptors (Lipinski definition) is 5. The second kappa shape index (κ2) is 9.43. The number of ketones is 1. The molecule has 0 bridgehead atoms. The Balaban J connectivity index is 1.89. The molecule has 0 aromatic heterocycles. The van der Waals surface area contributed by atoms with Crippen molar-refractivity contribution in [3.63, 3.8) is 0 Å². The van der Waals surface area contributed by atoms with Gasteiger partial charge in [-0.15, -0.1) is 0 Å². The molecule has 34 heavy (non-hydrogen) atoms. The van der Waals surface area contributed by atoms with Crippen LogP contribution in [0.1, 0.15) is 36.6 Å². The molecule has 0 aliphatic carbocycles. The summed E-state index contributed by atoms with van der Waals surface area (Å²) in [7, 11) is 1.53. The summed E-state index contributed by atoms with van der Waals surface area (Å²) in [5, 5.41) is 11.3. The maximum absolute atomic E-state index is 13.3. The Bertz CT molecular complexity index is 1240. The number of Topliss-reactive ketones (excluding diaryl/α,β-unsaturated/α-hetero) is 1. The number of aliphatic hydroxyl groups excluding tert-OH is 1. The molecule has 1 amide bonds. The van der Waals surface area contributed by atoms with Crippen LogP contribution in [0.5, 0.6) is 11.5 Å². The Hall–Kier alpha value is -4.06. The van der Waals surface area contributed by atoms with Crippen LogP contribution in [0, 0.1) is 6.92 Å². The summed E-state index contributed by atoms with van der Waals surface area (Å²) >= 11 is 0. The zero-order valence-corrected chi connectivity index (χ0v) is 19.6. The number of para-hydroxylation sites is 1. The van der Waals surface area contributed by atoms with Gasteiger partial charge in [0.1, 0.15) is 17.3 Å². The molecule has 3 aromatic carbocycles. The molecule has 6 nitrogen and oxygen atoms in total. The van der Waals surface area contributed by atoms with Crippen molar-refractivity contribution in [3.05, 3.63) is 95.1 Å². The van der Waals surface area contributed by atoms with Crippen LogP contribution >= 0.6 is 0 Å². The number of benzene rings is 3. The van der Waals surface area contributed by atoms with Crippen molar-refractivity contribution in [2.45, 2.75) is 32.9 Å². The van der Waals surface area contributed by atoms with Crippen LogP contribution in [0.25, 0.3) is 5.76 Å². The number of rotatable bonds is 6. The van der Waals surface area contributed by atoms with Crippen molar-refractivity contribution in [2.24, 2.45) is 0 Å². The first-order valence-corrected chi connectivity index (χ1v) is 11.1. The highest BCUT2D eigenvalue weighted by Gasteiger charge is 2.47. The smallest absolute Gasteiger partial charge is 0.300 e. The average Bonchev–Trinajstić information content (AvgIpc) is 3.09. The molecule has 1 atom stereocenters. The van der Waals surface area contributed by atoms with Gasteiger partial charge in [-0.1, -0.05) is 35.9 Å². The lowest BCUT2D eigenvalue weighted by atomic mass is 9.94. The predicted molar refractivity (Wildman–Crippen MR) is 131 cm³/mol. The van der Waals surface area contributed by atoms with E-state index in [1.165, 1.54) is 12.0 Å². The molecule has 1 N–H and O–H groups in total. The Morgan fingerprint density at radius 1 is 0.941 bits per heavy atom. The summed E-state index contributed by atoms with van der Waals surface area (Å²) in [6.45, 7) is 5.80. The third kappa shape index (κ3) is 4.27. The van der Waals surface area contributed by atoms with E-state index >= 15 is 0 Å². The van der Waals surface area contributed by atoms with Gasteiger partial charge >= 0.3 is 0 Å². The number of aryl methyl sites for hydroxylation is 1. The Morgan fingerprint density at radius 2 is 1.59 bits per heavy atom. The molecule has 0 saturated carbocycles. The SMILES string of the molecule is COc1ccccc1C1/C(=C(/O)c2ccc(OC(C)C)cc2)C(=O)C(=O)N1c1ccc(C)cc1. The number of methoxy groups -OCH3 is 1. The van der Waals surface area contributed by atoms with E-state index in [4.69, 9.17) is 9.47 Å². The number of carbonyl (C=O) groups excluding carboxylic acids is 2. The third-order valence-electron chi connectivity index (χ3n) is 5.69. The van der Waals surface area contributed by atoms with E-state index in [0.29, 0.717) is 28.3 Å². The average molecular weight is 458 g/mol. The summed E-state index contributed by atoms with van der Waals surface area (Å²) in [6.07, 6.45) is 0.00447. The summed E-state index contributed by atoms with van der Waals surface area (Å²) in [4.78, 5) is 28.0. The fourth-order valence-corrected chi connectivity index (χ4v) is 4.11. The second-order valence-electron chi connectivity index (χ2n) is 8.44. The van der Waals surface area contributed by atoms with E-state index in [1.54, 1.807) is 48.5 Å². The zero-order valence-electron chi connectivity index (χ0n) is 19.6. The van der Waals surface area contributed by atoms with Crippen molar-refractivity contribution in [2.75, 3.05) is 12.0 Å². The summed E-state index contributed by atoms with van der Waals surface area (Å²) in [6, 6.07) is 20.5. The van der Waals surface area contributed by atoms with E-state index < -0.39 is 17.7 Å². The Labute approximate surface area is 199 Å². The van der Waals surface area contributed by atoms with Gasteiger partial charge in [-0.05, 0) is 63.2 Å². The number of aliphatic hydroxyl groups is 1. The minimum atomic E-state index is -0.856. The first-order valence-electron chi connectivity index (χ1n) is 11.1. The minimum absolute atomic E-state index is 0.00447. The number of ether oxygens (including phenoxy) is 2. The molecule has 6 heteroatoms. The van der Waals surface area contributed by atoms with Crippen LogP contribution < -0.4 is 14.4 Å². The number of hydrogen-bond donors (Lipinski definition) is 1. The lowest BCUT2D eigenvalue weighted by molar-refractivity contribution is -0.132. The van der Waals surface area contributed by atoms with Gasteiger partial charge in [0.05, 0.1) is 24.8 Å². The molecular weight excluding hydrogens is 430 g/mol. The van der Waals surface area contributed by atoms with E-state index in [2.05, 4.69) is 0 Å². The van der Waals surface area contributed by atoms with Crippen LogP contribution in [0.3, 0.4) is 0 Å². The molecule has 1 aliphatic heterocycles. The standard InChI is InChI=1S/C28H27NO5/c1-17(2)34-21-15-11-19(12-16-21)26(30)24-25(22-7-5-6-8-23(22)33-4)29(28(32)27(24)31)20-13-9-18(3)10-14-20/h5-17,25,30H,1-4H3/b26-24-. The fourth-order valence-electron chi connectivity index (χ4n) is 4.11. The van der Waals surface area contributed by atoms with E-state index in [9.17, 15) is 14.7 Å². The van der Waals surface area contributed by atoms with Gasteiger partial charge in [0.25, 0.3) is 11.7 Å². The first kappa shape index (κ1) is 23.1. The molecule has 1 saturated heterocycles. The highest BCUT2D eigenvalue weighted by molar-refractivity contribution is 6.51. The van der Waals surface area contributed by atoms with E-state index in [-0.39, 0.29) is 17.4 Å². The lowest BCUT2D eigenvalue weighted by Gasteiger charge is -2.26. The van der Waals surface area contributed by atoms with Gasteiger partial charge in [-0.25, -0.2) is 0 Å².